The smallest absolute Gasteiger partial charge is 0.311 e. The van der Waals surface area contributed by atoms with Crippen LogP contribution in [0.5, 0.6) is 0 Å². The molecule has 4 rings (SSSR count). The number of hydrogen-bond donors (Lipinski definition) is 1. The van der Waals surface area contributed by atoms with Gasteiger partial charge in [0.05, 0.1) is 17.2 Å². The average molecular weight is 419 g/mol. The predicted molar refractivity (Wildman–Crippen MR) is 97.0 cm³/mol. The van der Waals surface area contributed by atoms with E-state index in [4.69, 9.17) is 0 Å². The maximum Gasteiger partial charge on any atom is 0.395 e. The molecule has 0 aromatic carbocycles. The Morgan fingerprint density at radius 3 is 2.24 bits per heavy atom. The van der Waals surface area contributed by atoms with Crippen molar-refractivity contribution in [1.29, 1.82) is 0 Å². The number of halogens is 5. The Labute approximate surface area is 166 Å². The fourth-order valence-corrected chi connectivity index (χ4v) is 5.04. The summed E-state index contributed by atoms with van der Waals surface area (Å²) >= 11 is 0. The van der Waals surface area contributed by atoms with Crippen LogP contribution in [0.2, 0.25) is 0 Å². The zero-order valence-electron chi connectivity index (χ0n) is 16.6. The minimum atomic E-state index is -4.41. The maximum atomic E-state index is 13.5. The van der Waals surface area contributed by atoms with E-state index in [1.807, 2.05) is 0 Å². The van der Waals surface area contributed by atoms with E-state index in [1.54, 1.807) is 18.5 Å². The molecule has 3 saturated carbocycles. The first-order valence-corrected chi connectivity index (χ1v) is 10.2. The van der Waals surface area contributed by atoms with E-state index in [0.717, 1.165) is 19.3 Å². The van der Waals surface area contributed by atoms with Crippen LogP contribution in [0.4, 0.5) is 27.8 Å². The first-order valence-electron chi connectivity index (χ1n) is 10.2. The summed E-state index contributed by atoms with van der Waals surface area (Å²) in [7, 11) is 0. The van der Waals surface area contributed by atoms with Gasteiger partial charge in [0.2, 0.25) is 11.8 Å². The Hall–Kier alpha value is -1.67. The van der Waals surface area contributed by atoms with Crippen molar-refractivity contribution in [3.05, 3.63) is 11.3 Å². The van der Waals surface area contributed by atoms with Crippen molar-refractivity contribution in [3.63, 3.8) is 0 Å². The van der Waals surface area contributed by atoms with Gasteiger partial charge in [-0.2, -0.15) is 18.3 Å². The van der Waals surface area contributed by atoms with Gasteiger partial charge < -0.3 is 5.32 Å². The molecule has 0 spiro atoms. The SMILES string of the molecule is Cc1c(C2(C)CC(F)(F)C2)nn(C2CCC2)c1NC(=O)CC1(C(F)(F)F)CCC1. The third-order valence-electron chi connectivity index (χ3n) is 7.11. The number of nitrogens with one attached hydrogen (secondary N) is 1. The van der Waals surface area contributed by atoms with E-state index in [1.165, 1.54) is 0 Å². The summed E-state index contributed by atoms with van der Waals surface area (Å²) < 4.78 is 69.0. The van der Waals surface area contributed by atoms with Crippen LogP contribution >= 0.6 is 0 Å². The number of rotatable bonds is 5. The summed E-state index contributed by atoms with van der Waals surface area (Å²) in [5.74, 6) is -3.06. The van der Waals surface area contributed by atoms with Gasteiger partial charge in [0.1, 0.15) is 5.82 Å². The zero-order chi connectivity index (χ0) is 21.2. The Morgan fingerprint density at radius 1 is 1.21 bits per heavy atom. The highest BCUT2D eigenvalue weighted by molar-refractivity contribution is 5.91. The van der Waals surface area contributed by atoms with Crippen LogP contribution in [-0.2, 0) is 10.2 Å². The van der Waals surface area contributed by atoms with Gasteiger partial charge in [-0.05, 0) is 39.0 Å². The number of aromatic nitrogens is 2. The van der Waals surface area contributed by atoms with Crippen molar-refractivity contribution in [3.8, 4) is 0 Å². The molecule has 1 aromatic heterocycles. The van der Waals surface area contributed by atoms with Crippen molar-refractivity contribution in [1.82, 2.24) is 9.78 Å². The molecule has 0 bridgehead atoms. The third kappa shape index (κ3) is 3.34. The van der Waals surface area contributed by atoms with Crippen molar-refractivity contribution >= 4 is 11.7 Å². The monoisotopic (exact) mass is 419 g/mol. The summed E-state index contributed by atoms with van der Waals surface area (Å²) in [5.41, 5.74) is -1.64. The molecule has 1 N–H and O–H groups in total. The fraction of sp³-hybridized carbons (Fsp3) is 0.800. The average Bonchev–Trinajstić information content (AvgIpc) is 2.76. The lowest BCUT2D eigenvalue weighted by molar-refractivity contribution is -0.251. The van der Waals surface area contributed by atoms with Crippen molar-refractivity contribution < 1.29 is 26.7 Å². The largest absolute Gasteiger partial charge is 0.395 e. The number of carbonyl (C=O) groups is 1. The second-order valence-corrected chi connectivity index (χ2v) is 9.48. The van der Waals surface area contributed by atoms with Crippen molar-refractivity contribution in [2.75, 3.05) is 5.32 Å². The second-order valence-electron chi connectivity index (χ2n) is 9.48. The quantitative estimate of drug-likeness (QED) is 0.626. The maximum absolute atomic E-state index is 13.5. The van der Waals surface area contributed by atoms with E-state index in [0.29, 0.717) is 23.5 Å². The Balaban J connectivity index is 1.59. The fourth-order valence-electron chi connectivity index (χ4n) is 5.04. The Kier molecular flexibility index (Phi) is 4.55. The Morgan fingerprint density at radius 2 is 1.83 bits per heavy atom. The summed E-state index contributed by atoms with van der Waals surface area (Å²) in [6, 6.07) is 0.0437. The van der Waals surface area contributed by atoms with Crippen LogP contribution in [-0.4, -0.2) is 27.8 Å². The molecule has 3 aliphatic rings. The molecule has 0 saturated heterocycles. The van der Waals surface area contributed by atoms with Gasteiger partial charge >= 0.3 is 6.18 Å². The van der Waals surface area contributed by atoms with Gasteiger partial charge in [-0.1, -0.05) is 13.3 Å². The molecule has 0 radical (unpaired) electrons. The topological polar surface area (TPSA) is 46.9 Å². The molecule has 1 aromatic rings. The highest BCUT2D eigenvalue weighted by Crippen LogP contribution is 2.56. The van der Waals surface area contributed by atoms with E-state index >= 15 is 0 Å². The highest BCUT2D eigenvalue weighted by Gasteiger charge is 2.59. The first-order chi connectivity index (χ1) is 13.4. The molecule has 4 nitrogen and oxygen atoms in total. The second kappa shape index (κ2) is 6.41. The summed E-state index contributed by atoms with van der Waals surface area (Å²) in [4.78, 5) is 12.6. The lowest BCUT2D eigenvalue weighted by Crippen LogP contribution is -2.47. The van der Waals surface area contributed by atoms with Crippen molar-refractivity contribution in [2.24, 2.45) is 5.41 Å². The van der Waals surface area contributed by atoms with Gasteiger partial charge in [0, 0.05) is 30.2 Å². The molecule has 29 heavy (non-hydrogen) atoms. The number of hydrogen-bond acceptors (Lipinski definition) is 2. The van der Waals surface area contributed by atoms with Crippen LogP contribution in [0, 0.1) is 12.3 Å². The van der Waals surface area contributed by atoms with E-state index < -0.39 is 35.3 Å². The van der Waals surface area contributed by atoms with Gasteiger partial charge in [-0.3, -0.25) is 4.79 Å². The van der Waals surface area contributed by atoms with Gasteiger partial charge in [0.25, 0.3) is 0 Å². The van der Waals surface area contributed by atoms with Crippen LogP contribution in [0.25, 0.3) is 0 Å². The van der Waals surface area contributed by atoms with Crippen LogP contribution in [0.3, 0.4) is 0 Å². The highest BCUT2D eigenvalue weighted by atomic mass is 19.4. The molecule has 162 valence electrons. The number of nitrogens with zero attached hydrogens (tertiary/aromatic N) is 2. The Bertz CT molecular complexity index is 813. The van der Waals surface area contributed by atoms with Gasteiger partial charge in [0.15, 0.2) is 0 Å². The molecular formula is C20H26F5N3O. The van der Waals surface area contributed by atoms with E-state index in [2.05, 4.69) is 10.4 Å². The number of amides is 1. The molecule has 1 heterocycles. The van der Waals surface area contributed by atoms with Gasteiger partial charge in [-0.15, -0.1) is 0 Å². The first kappa shape index (κ1) is 20.6. The molecular weight excluding hydrogens is 393 g/mol. The molecule has 0 atom stereocenters. The molecule has 3 aliphatic carbocycles. The van der Waals surface area contributed by atoms with Crippen molar-refractivity contribution in [2.45, 2.75) is 95.2 Å². The van der Waals surface area contributed by atoms with Crippen LogP contribution in [0.1, 0.15) is 82.0 Å². The molecule has 0 unspecified atom stereocenters. The summed E-state index contributed by atoms with van der Waals surface area (Å²) in [5, 5.41) is 7.23. The molecule has 0 aliphatic heterocycles. The predicted octanol–water partition coefficient (Wildman–Crippen LogP) is 5.66. The zero-order valence-corrected chi connectivity index (χ0v) is 16.6. The lowest BCUT2D eigenvalue weighted by atomic mass is 9.65. The number of alkyl halides is 5. The van der Waals surface area contributed by atoms with Gasteiger partial charge in [-0.25, -0.2) is 13.5 Å². The third-order valence-corrected chi connectivity index (χ3v) is 7.11. The number of anilines is 1. The minimum Gasteiger partial charge on any atom is -0.311 e. The molecule has 1 amide bonds. The minimum absolute atomic E-state index is 0.0385. The number of carbonyl (C=O) groups excluding carboxylic acids is 1. The lowest BCUT2D eigenvalue weighted by Gasteiger charge is -2.44. The normalized spacial score (nSPS) is 24.9. The van der Waals surface area contributed by atoms with E-state index in [9.17, 15) is 26.7 Å². The molecule has 3 fully saturated rings. The molecule has 9 heteroatoms. The van der Waals surface area contributed by atoms with Crippen LogP contribution < -0.4 is 5.32 Å². The standard InChI is InChI=1S/C20H26F5N3O/c1-12-15(17(2)10-19(21,22)11-17)27-28(13-5-3-6-13)16(12)26-14(29)9-18(7-4-8-18)20(23,24)25/h13H,3-11H2,1-2H3,(H,26,29). The van der Waals surface area contributed by atoms with E-state index in [-0.39, 0.29) is 31.7 Å². The van der Waals surface area contributed by atoms with Crippen LogP contribution in [0.15, 0.2) is 0 Å². The summed E-state index contributed by atoms with van der Waals surface area (Å²) in [6.45, 7) is 3.43. The summed E-state index contributed by atoms with van der Waals surface area (Å²) in [6.07, 6.45) is -2.57.